The van der Waals surface area contributed by atoms with Crippen LogP contribution in [0.15, 0.2) is 30.3 Å². The molecule has 22 heavy (non-hydrogen) atoms. The van der Waals surface area contributed by atoms with E-state index in [1.54, 1.807) is 0 Å². The van der Waals surface area contributed by atoms with Crippen LogP contribution in [-0.4, -0.2) is 15.7 Å². The number of rotatable bonds is 2. The predicted octanol–water partition coefficient (Wildman–Crippen LogP) is 3.36. The van der Waals surface area contributed by atoms with Crippen molar-refractivity contribution >= 4 is 27.5 Å². The summed E-state index contributed by atoms with van der Waals surface area (Å²) in [5.74, 6) is 0.0160. The summed E-state index contributed by atoms with van der Waals surface area (Å²) in [6.07, 6.45) is 2.02. The molecule has 1 amide bonds. The van der Waals surface area contributed by atoms with E-state index < -0.39 is 0 Å². The average Bonchev–Trinajstić information content (AvgIpc) is 3.17. The molecular formula is C17H17N3OS. The second-order valence-electron chi connectivity index (χ2n) is 5.80. The highest BCUT2D eigenvalue weighted by Gasteiger charge is 2.24. The molecule has 0 bridgehead atoms. The van der Waals surface area contributed by atoms with Gasteiger partial charge in [-0.05, 0) is 37.0 Å². The molecule has 2 aromatic heterocycles. The molecule has 1 aliphatic carbocycles. The number of carbonyl (C=O) groups is 1. The Morgan fingerprint density at radius 3 is 3.05 bits per heavy atom. The van der Waals surface area contributed by atoms with Gasteiger partial charge in [0.2, 0.25) is 0 Å². The van der Waals surface area contributed by atoms with Gasteiger partial charge in [0.05, 0.1) is 16.6 Å². The van der Waals surface area contributed by atoms with E-state index in [9.17, 15) is 4.79 Å². The zero-order valence-corrected chi connectivity index (χ0v) is 13.4. The zero-order chi connectivity index (χ0) is 15.3. The Hall–Kier alpha value is -2.14. The minimum absolute atomic E-state index is 0.0160. The van der Waals surface area contributed by atoms with Crippen molar-refractivity contribution in [2.24, 2.45) is 7.05 Å². The Kier molecular flexibility index (Phi) is 3.04. The largest absolute Gasteiger partial charge is 0.345 e. The van der Waals surface area contributed by atoms with Crippen LogP contribution in [0.5, 0.6) is 0 Å². The SMILES string of the molecule is Cc1nn(C)c2sc(C(=O)NC3CCc4ccccc43)cc12. The maximum absolute atomic E-state index is 12.6. The molecule has 112 valence electrons. The van der Waals surface area contributed by atoms with Crippen LogP contribution < -0.4 is 5.32 Å². The number of thiophene rings is 1. The Labute approximate surface area is 132 Å². The van der Waals surface area contributed by atoms with E-state index in [2.05, 4.69) is 28.6 Å². The summed E-state index contributed by atoms with van der Waals surface area (Å²) < 4.78 is 1.84. The number of amides is 1. The van der Waals surface area contributed by atoms with Crippen LogP contribution >= 0.6 is 11.3 Å². The molecule has 4 rings (SSSR count). The molecule has 3 aromatic rings. The third-order valence-electron chi connectivity index (χ3n) is 4.36. The van der Waals surface area contributed by atoms with Crippen LogP contribution in [-0.2, 0) is 13.5 Å². The van der Waals surface area contributed by atoms with E-state index in [1.807, 2.05) is 30.8 Å². The van der Waals surface area contributed by atoms with Gasteiger partial charge < -0.3 is 5.32 Å². The summed E-state index contributed by atoms with van der Waals surface area (Å²) in [5.41, 5.74) is 3.58. The highest BCUT2D eigenvalue weighted by atomic mass is 32.1. The van der Waals surface area contributed by atoms with Crippen LogP contribution in [0.3, 0.4) is 0 Å². The van der Waals surface area contributed by atoms with Crippen molar-refractivity contribution in [3.63, 3.8) is 0 Å². The van der Waals surface area contributed by atoms with Gasteiger partial charge >= 0.3 is 0 Å². The van der Waals surface area contributed by atoms with E-state index in [4.69, 9.17) is 0 Å². The number of nitrogens with zero attached hydrogens (tertiary/aromatic N) is 2. The number of aryl methyl sites for hydroxylation is 3. The molecule has 1 N–H and O–H groups in total. The summed E-state index contributed by atoms with van der Waals surface area (Å²) in [6, 6.07) is 10.5. The minimum Gasteiger partial charge on any atom is -0.345 e. The number of hydrogen-bond donors (Lipinski definition) is 1. The molecule has 2 heterocycles. The third kappa shape index (κ3) is 2.04. The molecule has 5 heteroatoms. The van der Waals surface area contributed by atoms with E-state index in [1.165, 1.54) is 22.5 Å². The Morgan fingerprint density at radius 2 is 2.23 bits per heavy atom. The molecule has 1 atom stereocenters. The van der Waals surface area contributed by atoms with Crippen LogP contribution in [0.25, 0.3) is 10.2 Å². The maximum atomic E-state index is 12.6. The summed E-state index contributed by atoms with van der Waals surface area (Å²) in [7, 11) is 1.92. The summed E-state index contributed by atoms with van der Waals surface area (Å²) in [6.45, 7) is 1.98. The molecule has 0 saturated carbocycles. The number of benzene rings is 1. The number of aromatic nitrogens is 2. The summed E-state index contributed by atoms with van der Waals surface area (Å²) in [4.78, 5) is 14.4. The van der Waals surface area contributed by atoms with Crippen molar-refractivity contribution in [1.82, 2.24) is 15.1 Å². The second-order valence-corrected chi connectivity index (χ2v) is 6.83. The van der Waals surface area contributed by atoms with Crippen LogP contribution in [0.4, 0.5) is 0 Å². The topological polar surface area (TPSA) is 46.9 Å². The first kappa shape index (κ1) is 13.5. The highest BCUT2D eigenvalue weighted by Crippen LogP contribution is 2.32. The van der Waals surface area contributed by atoms with Crippen LogP contribution in [0.2, 0.25) is 0 Å². The minimum atomic E-state index is 0.0160. The molecular weight excluding hydrogens is 294 g/mol. The first-order valence-corrected chi connectivity index (χ1v) is 8.27. The van der Waals surface area contributed by atoms with Gasteiger partial charge in [-0.25, -0.2) is 0 Å². The van der Waals surface area contributed by atoms with Gasteiger partial charge in [-0.2, -0.15) is 5.10 Å². The monoisotopic (exact) mass is 311 g/mol. The quantitative estimate of drug-likeness (QED) is 0.789. The smallest absolute Gasteiger partial charge is 0.261 e. The zero-order valence-electron chi connectivity index (χ0n) is 12.6. The lowest BCUT2D eigenvalue weighted by atomic mass is 10.1. The van der Waals surface area contributed by atoms with Crippen molar-refractivity contribution in [1.29, 1.82) is 0 Å². The summed E-state index contributed by atoms with van der Waals surface area (Å²) >= 11 is 1.51. The van der Waals surface area contributed by atoms with E-state index >= 15 is 0 Å². The molecule has 0 fully saturated rings. The molecule has 1 aromatic carbocycles. The lowest BCUT2D eigenvalue weighted by Gasteiger charge is -2.13. The maximum Gasteiger partial charge on any atom is 0.261 e. The first-order valence-electron chi connectivity index (χ1n) is 7.45. The van der Waals surface area contributed by atoms with Gasteiger partial charge in [-0.3, -0.25) is 9.48 Å². The highest BCUT2D eigenvalue weighted by molar-refractivity contribution is 7.20. The predicted molar refractivity (Wildman–Crippen MR) is 88.3 cm³/mol. The van der Waals surface area contributed by atoms with Crippen molar-refractivity contribution in [2.45, 2.75) is 25.8 Å². The Bertz CT molecular complexity index is 843. The van der Waals surface area contributed by atoms with E-state index in [-0.39, 0.29) is 11.9 Å². The van der Waals surface area contributed by atoms with Gasteiger partial charge in [0.15, 0.2) is 0 Å². The first-order chi connectivity index (χ1) is 10.6. The standard InChI is InChI=1S/C17H17N3OS/c1-10-13-9-15(22-17(13)20(2)19-10)16(21)18-14-8-7-11-5-3-4-6-12(11)14/h3-6,9,14H,7-8H2,1-2H3,(H,18,21). The lowest BCUT2D eigenvalue weighted by Crippen LogP contribution is -2.26. The van der Waals surface area contributed by atoms with E-state index in [0.29, 0.717) is 0 Å². The van der Waals surface area contributed by atoms with Gasteiger partial charge in [0.25, 0.3) is 5.91 Å². The van der Waals surface area contributed by atoms with Crippen LogP contribution in [0, 0.1) is 6.92 Å². The molecule has 1 unspecified atom stereocenters. The fraction of sp³-hybridized carbons (Fsp3) is 0.294. The second kappa shape index (κ2) is 4.95. The fourth-order valence-electron chi connectivity index (χ4n) is 3.25. The lowest BCUT2D eigenvalue weighted by molar-refractivity contribution is 0.0941. The van der Waals surface area contributed by atoms with Gasteiger partial charge in [-0.15, -0.1) is 11.3 Å². The third-order valence-corrected chi connectivity index (χ3v) is 5.56. The van der Waals surface area contributed by atoms with Gasteiger partial charge in [-0.1, -0.05) is 24.3 Å². The number of fused-ring (bicyclic) bond motifs is 2. The average molecular weight is 311 g/mol. The molecule has 0 spiro atoms. The normalized spacial score (nSPS) is 16.9. The van der Waals surface area contributed by atoms with Crippen molar-refractivity contribution in [3.05, 3.63) is 52.0 Å². The molecule has 0 saturated heterocycles. The van der Waals surface area contributed by atoms with Crippen molar-refractivity contribution < 1.29 is 4.79 Å². The Morgan fingerprint density at radius 1 is 1.41 bits per heavy atom. The number of hydrogen-bond acceptors (Lipinski definition) is 3. The van der Waals surface area contributed by atoms with Gasteiger partial charge in [0, 0.05) is 12.4 Å². The molecule has 1 aliphatic rings. The van der Waals surface area contributed by atoms with Gasteiger partial charge in [0.1, 0.15) is 4.83 Å². The summed E-state index contributed by atoms with van der Waals surface area (Å²) in [5, 5.41) is 8.64. The fourth-order valence-corrected chi connectivity index (χ4v) is 4.28. The van der Waals surface area contributed by atoms with Crippen molar-refractivity contribution in [3.8, 4) is 0 Å². The van der Waals surface area contributed by atoms with E-state index in [0.717, 1.165) is 33.6 Å². The van der Waals surface area contributed by atoms with Crippen LogP contribution in [0.1, 0.15) is 39.0 Å². The number of carbonyl (C=O) groups excluding carboxylic acids is 1. The number of nitrogens with one attached hydrogen (secondary N) is 1. The Balaban J connectivity index is 1.61. The molecule has 4 nitrogen and oxygen atoms in total. The molecule has 0 aliphatic heterocycles. The molecule has 0 radical (unpaired) electrons. The van der Waals surface area contributed by atoms with Crippen molar-refractivity contribution in [2.75, 3.05) is 0 Å².